The normalized spacial score (nSPS) is 30.8. The van der Waals surface area contributed by atoms with Crippen LogP contribution in [0.4, 0.5) is 0 Å². The molecule has 2 aliphatic carbocycles. The Hall–Kier alpha value is -1.84. The summed E-state index contributed by atoms with van der Waals surface area (Å²) in [6.45, 7) is 8.30. The van der Waals surface area contributed by atoms with Crippen LogP contribution in [0.25, 0.3) is 0 Å². The Bertz CT molecular complexity index is 1110. The van der Waals surface area contributed by atoms with E-state index in [4.69, 9.17) is 4.74 Å². The van der Waals surface area contributed by atoms with Gasteiger partial charge in [0.05, 0.1) is 6.04 Å². The van der Waals surface area contributed by atoms with Crippen LogP contribution in [-0.4, -0.2) is 69.8 Å². The van der Waals surface area contributed by atoms with Crippen molar-refractivity contribution in [2.24, 2.45) is 16.7 Å². The second-order valence-corrected chi connectivity index (χ2v) is 14.5. The zero-order chi connectivity index (χ0) is 27.1. The lowest BCUT2D eigenvalue weighted by atomic mass is 9.70. The van der Waals surface area contributed by atoms with Crippen molar-refractivity contribution in [3.05, 3.63) is 34.1 Å². The molecule has 3 fully saturated rings. The molecule has 2 bridgehead atoms. The van der Waals surface area contributed by atoms with Crippen LogP contribution in [0.3, 0.4) is 0 Å². The SMILES string of the molecule is CC1(C)C2CCC1(C)C(OC(=O)C1CCCN1CC(CSC1=CCCS1)NC(=O)c1ccc(O)c(O)c1)C2. The van der Waals surface area contributed by atoms with Gasteiger partial charge in [-0.3, -0.25) is 14.5 Å². The van der Waals surface area contributed by atoms with Gasteiger partial charge >= 0.3 is 5.97 Å². The lowest BCUT2D eigenvalue weighted by molar-refractivity contribution is -0.162. The highest BCUT2D eigenvalue weighted by Gasteiger charge is 2.63. The first-order valence-corrected chi connectivity index (χ1v) is 15.8. The summed E-state index contributed by atoms with van der Waals surface area (Å²) in [5, 5.41) is 22.6. The third kappa shape index (κ3) is 5.30. The zero-order valence-electron chi connectivity index (χ0n) is 22.6. The minimum absolute atomic E-state index is 0.0224. The Balaban J connectivity index is 1.25. The van der Waals surface area contributed by atoms with Gasteiger partial charge in [0.2, 0.25) is 0 Å². The van der Waals surface area contributed by atoms with Crippen molar-refractivity contribution in [1.82, 2.24) is 10.2 Å². The first-order valence-electron chi connectivity index (χ1n) is 13.8. The number of carbonyl (C=O) groups excluding carboxylic acids is 2. The van der Waals surface area contributed by atoms with E-state index in [1.54, 1.807) is 11.8 Å². The Morgan fingerprint density at radius 3 is 2.71 bits per heavy atom. The average molecular weight is 561 g/mol. The molecule has 0 spiro atoms. The molecule has 208 valence electrons. The van der Waals surface area contributed by atoms with Gasteiger partial charge in [-0.2, -0.15) is 0 Å². The fraction of sp³-hybridized carbons (Fsp3) is 0.655. The first-order chi connectivity index (χ1) is 18.1. The first kappa shape index (κ1) is 27.7. The predicted octanol–water partition coefficient (Wildman–Crippen LogP) is 5.13. The molecule has 1 aromatic carbocycles. The molecule has 1 saturated heterocycles. The van der Waals surface area contributed by atoms with Gasteiger partial charge < -0.3 is 20.3 Å². The second-order valence-electron chi connectivity index (χ2n) is 12.0. The summed E-state index contributed by atoms with van der Waals surface area (Å²) in [5.41, 5.74) is 0.510. The number of carbonyl (C=O) groups is 2. The molecular weight excluding hydrogens is 520 g/mol. The maximum atomic E-state index is 13.5. The molecule has 4 aliphatic rings. The van der Waals surface area contributed by atoms with Gasteiger partial charge in [-0.1, -0.05) is 26.8 Å². The van der Waals surface area contributed by atoms with Crippen molar-refractivity contribution < 1.29 is 24.5 Å². The molecule has 0 radical (unpaired) electrons. The molecule has 5 rings (SSSR count). The fourth-order valence-corrected chi connectivity index (χ4v) is 9.12. The van der Waals surface area contributed by atoms with Crippen molar-refractivity contribution in [2.75, 3.05) is 24.6 Å². The van der Waals surface area contributed by atoms with Gasteiger partial charge in [-0.15, -0.1) is 23.5 Å². The topological polar surface area (TPSA) is 99.1 Å². The molecule has 0 aromatic heterocycles. The molecule has 1 aromatic rings. The van der Waals surface area contributed by atoms with Crippen LogP contribution in [0, 0.1) is 16.7 Å². The van der Waals surface area contributed by atoms with Crippen molar-refractivity contribution in [3.8, 4) is 11.5 Å². The number of thioether (sulfide) groups is 2. The largest absolute Gasteiger partial charge is 0.504 e. The number of likely N-dealkylation sites (tertiary alicyclic amines) is 1. The van der Waals surface area contributed by atoms with Crippen LogP contribution in [0.2, 0.25) is 0 Å². The van der Waals surface area contributed by atoms with E-state index in [1.165, 1.54) is 28.9 Å². The van der Waals surface area contributed by atoms with Crippen LogP contribution in [-0.2, 0) is 9.53 Å². The number of hydrogen-bond donors (Lipinski definition) is 3. The van der Waals surface area contributed by atoms with Gasteiger partial charge in [-0.25, -0.2) is 0 Å². The van der Waals surface area contributed by atoms with Gasteiger partial charge in [0.15, 0.2) is 11.5 Å². The smallest absolute Gasteiger partial charge is 0.323 e. The molecule has 38 heavy (non-hydrogen) atoms. The number of nitrogens with one attached hydrogen (secondary N) is 1. The molecule has 2 aliphatic heterocycles. The number of rotatable bonds is 9. The Morgan fingerprint density at radius 1 is 1.24 bits per heavy atom. The number of esters is 1. The number of phenols is 2. The highest BCUT2D eigenvalue weighted by molar-refractivity contribution is 8.22. The van der Waals surface area contributed by atoms with E-state index in [2.05, 4.69) is 37.1 Å². The number of amides is 1. The zero-order valence-corrected chi connectivity index (χ0v) is 24.2. The van der Waals surface area contributed by atoms with E-state index in [9.17, 15) is 19.8 Å². The number of benzene rings is 1. The van der Waals surface area contributed by atoms with E-state index in [-0.39, 0.29) is 58.0 Å². The number of allylic oxidation sites excluding steroid dienone is 1. The quantitative estimate of drug-likeness (QED) is 0.282. The third-order valence-corrected chi connectivity index (χ3v) is 12.4. The molecule has 2 saturated carbocycles. The molecule has 7 nitrogen and oxygen atoms in total. The summed E-state index contributed by atoms with van der Waals surface area (Å²) in [5.74, 6) is 1.37. The number of aromatic hydroxyl groups is 2. The van der Waals surface area contributed by atoms with Crippen LogP contribution < -0.4 is 5.32 Å². The standard InChI is InChI=1S/C29H40N2O5S2/c1-28(2)19-10-11-29(28,3)24(15-19)36-27(35)21-6-4-12-31(21)16-20(17-38-25-7-5-13-37-25)30-26(34)18-8-9-22(32)23(33)14-18/h7-9,14,19-21,24,32-33H,4-6,10-13,15-17H2,1-3H3,(H,30,34). The molecule has 5 unspecified atom stereocenters. The van der Waals surface area contributed by atoms with Crippen LogP contribution >= 0.6 is 23.5 Å². The number of ether oxygens (including phenoxy) is 1. The molecule has 2 heterocycles. The Kier molecular flexibility index (Phi) is 8.00. The molecule has 9 heteroatoms. The van der Waals surface area contributed by atoms with Gasteiger partial charge in [-0.05, 0) is 74.6 Å². The van der Waals surface area contributed by atoms with E-state index < -0.39 is 0 Å². The maximum Gasteiger partial charge on any atom is 0.323 e. The molecule has 3 N–H and O–H groups in total. The molecule has 5 atom stereocenters. The van der Waals surface area contributed by atoms with Crippen LogP contribution in [0.1, 0.15) is 69.7 Å². The predicted molar refractivity (Wildman–Crippen MR) is 152 cm³/mol. The third-order valence-electron chi connectivity index (χ3n) is 9.74. The number of hydrogen-bond acceptors (Lipinski definition) is 8. The molecule has 1 amide bonds. The van der Waals surface area contributed by atoms with Gasteiger partial charge in [0.25, 0.3) is 5.91 Å². The van der Waals surface area contributed by atoms with Gasteiger partial charge in [0.1, 0.15) is 12.1 Å². The minimum Gasteiger partial charge on any atom is -0.504 e. The number of fused-ring (bicyclic) bond motifs is 2. The lowest BCUT2D eigenvalue weighted by Crippen LogP contribution is -2.49. The summed E-state index contributed by atoms with van der Waals surface area (Å²) >= 11 is 3.58. The van der Waals surface area contributed by atoms with Crippen molar-refractivity contribution >= 4 is 35.4 Å². The number of phenolic OH excluding ortho intramolecular Hbond substituents is 2. The maximum absolute atomic E-state index is 13.5. The van der Waals surface area contributed by atoms with E-state index in [1.807, 2.05) is 11.8 Å². The summed E-state index contributed by atoms with van der Waals surface area (Å²) in [7, 11) is 0. The van der Waals surface area contributed by atoms with E-state index >= 15 is 0 Å². The van der Waals surface area contributed by atoms with Crippen LogP contribution in [0.5, 0.6) is 11.5 Å². The molecular formula is C29H40N2O5S2. The van der Waals surface area contributed by atoms with Gasteiger partial charge in [0, 0.05) is 33.3 Å². The monoisotopic (exact) mass is 560 g/mol. The number of nitrogens with zero attached hydrogens (tertiary/aromatic N) is 1. The summed E-state index contributed by atoms with van der Waals surface area (Å²) < 4.78 is 7.53. The fourth-order valence-electron chi connectivity index (χ4n) is 6.87. The summed E-state index contributed by atoms with van der Waals surface area (Å²) in [6, 6.07) is 3.60. The minimum atomic E-state index is -0.323. The lowest BCUT2D eigenvalue weighted by Gasteiger charge is -2.39. The average Bonchev–Trinajstić information content (AvgIpc) is 3.64. The second kappa shape index (κ2) is 11.0. The Labute approximate surface area is 234 Å². The Morgan fingerprint density at radius 2 is 2.05 bits per heavy atom. The highest BCUT2D eigenvalue weighted by Crippen LogP contribution is 2.66. The van der Waals surface area contributed by atoms with Crippen molar-refractivity contribution in [3.63, 3.8) is 0 Å². The van der Waals surface area contributed by atoms with E-state index in [0.29, 0.717) is 18.2 Å². The summed E-state index contributed by atoms with van der Waals surface area (Å²) in [4.78, 5) is 28.7. The van der Waals surface area contributed by atoms with Crippen molar-refractivity contribution in [1.29, 1.82) is 0 Å². The summed E-state index contributed by atoms with van der Waals surface area (Å²) in [6.07, 6.45) is 8.28. The van der Waals surface area contributed by atoms with E-state index in [0.717, 1.165) is 44.4 Å². The van der Waals surface area contributed by atoms with Crippen LogP contribution in [0.15, 0.2) is 28.5 Å². The highest BCUT2D eigenvalue weighted by atomic mass is 32.2. The van der Waals surface area contributed by atoms with Crippen molar-refractivity contribution in [2.45, 2.75) is 77.5 Å².